The molecule has 0 radical (unpaired) electrons. The maximum atomic E-state index is 14.0. The Bertz CT molecular complexity index is 1040. The molecule has 29 heavy (non-hydrogen) atoms. The van der Waals surface area contributed by atoms with Gasteiger partial charge < -0.3 is 20.7 Å². The molecular weight excluding hydrogens is 402 g/mol. The minimum atomic E-state index is -0.771. The van der Waals surface area contributed by atoms with Gasteiger partial charge in [-0.3, -0.25) is 9.48 Å². The average Bonchev–Trinajstić information content (AvgIpc) is 3.25. The summed E-state index contributed by atoms with van der Waals surface area (Å²) in [6.07, 6.45) is 1.53. The zero-order chi connectivity index (χ0) is 20.5. The molecule has 3 N–H and O–H groups in total. The number of aromatic nitrogens is 3. The smallest absolute Gasteiger partial charge is 0.277 e. The first-order valence-corrected chi connectivity index (χ1v) is 9.64. The van der Waals surface area contributed by atoms with Crippen LogP contribution < -0.4 is 16.0 Å². The van der Waals surface area contributed by atoms with Crippen LogP contribution in [0.3, 0.4) is 0 Å². The first kappa shape index (κ1) is 19.3. The highest BCUT2D eigenvalue weighted by Gasteiger charge is 2.24. The number of aryl methyl sites for hydroxylation is 1. The molecule has 4 rings (SSSR count). The number of hydrogen-bond acceptors (Lipinski definition) is 7. The number of carbonyl (C=O) groups is 1. The molecule has 8 nitrogen and oxygen atoms in total. The summed E-state index contributed by atoms with van der Waals surface area (Å²) in [7, 11) is 1.77. The van der Waals surface area contributed by atoms with Gasteiger partial charge in [-0.1, -0.05) is 17.4 Å². The number of anilines is 3. The average molecular weight is 420 g/mol. The summed E-state index contributed by atoms with van der Waals surface area (Å²) in [6.45, 7) is 2.49. The highest BCUT2D eigenvalue weighted by Crippen LogP contribution is 2.34. The van der Waals surface area contributed by atoms with Crippen molar-refractivity contribution in [3.63, 3.8) is 0 Å². The second-order valence-electron chi connectivity index (χ2n) is 6.39. The maximum Gasteiger partial charge on any atom is 0.277 e. The molecule has 2 aromatic heterocycles. The van der Waals surface area contributed by atoms with Crippen LogP contribution in [0, 0.1) is 11.6 Å². The van der Waals surface area contributed by atoms with Crippen LogP contribution in [0.1, 0.15) is 10.5 Å². The molecule has 1 aliphatic heterocycles. The molecule has 152 valence electrons. The van der Waals surface area contributed by atoms with E-state index < -0.39 is 17.5 Å². The number of halogens is 2. The van der Waals surface area contributed by atoms with Crippen LogP contribution in [0.2, 0.25) is 0 Å². The van der Waals surface area contributed by atoms with Gasteiger partial charge in [0.2, 0.25) is 0 Å². The lowest BCUT2D eigenvalue weighted by molar-refractivity contribution is 0.102. The van der Waals surface area contributed by atoms with Crippen LogP contribution in [0.15, 0.2) is 24.4 Å². The summed E-state index contributed by atoms with van der Waals surface area (Å²) in [6, 6.07) is 3.51. The quantitative estimate of drug-likeness (QED) is 0.673. The Balaban J connectivity index is 1.61. The number of carbonyl (C=O) groups excluding carboxylic acids is 1. The molecule has 0 spiro atoms. The number of nitrogens with zero attached hydrogens (tertiary/aromatic N) is 4. The van der Waals surface area contributed by atoms with Gasteiger partial charge in [0.15, 0.2) is 11.5 Å². The zero-order valence-electron chi connectivity index (χ0n) is 15.5. The van der Waals surface area contributed by atoms with Crippen molar-refractivity contribution in [3.05, 3.63) is 41.7 Å². The summed E-state index contributed by atoms with van der Waals surface area (Å²) in [4.78, 5) is 18.9. The van der Waals surface area contributed by atoms with Gasteiger partial charge in [0.25, 0.3) is 5.91 Å². The van der Waals surface area contributed by atoms with Crippen LogP contribution in [0.25, 0.3) is 10.6 Å². The minimum absolute atomic E-state index is 0.00263. The van der Waals surface area contributed by atoms with Crippen molar-refractivity contribution in [1.29, 1.82) is 0 Å². The van der Waals surface area contributed by atoms with Gasteiger partial charge >= 0.3 is 0 Å². The minimum Gasteiger partial charge on any atom is -0.389 e. The van der Waals surface area contributed by atoms with E-state index in [9.17, 15) is 13.6 Å². The number of nitrogens with two attached hydrogens (primary N) is 1. The molecule has 0 saturated carbocycles. The summed E-state index contributed by atoms with van der Waals surface area (Å²) >= 11 is 0.850. The highest BCUT2D eigenvalue weighted by molar-refractivity contribution is 7.19. The van der Waals surface area contributed by atoms with Crippen LogP contribution in [0.5, 0.6) is 0 Å². The van der Waals surface area contributed by atoms with Gasteiger partial charge in [0.1, 0.15) is 27.3 Å². The van der Waals surface area contributed by atoms with E-state index in [4.69, 9.17) is 10.5 Å². The van der Waals surface area contributed by atoms with Crippen molar-refractivity contribution in [2.75, 3.05) is 42.3 Å². The second-order valence-corrected chi connectivity index (χ2v) is 7.42. The highest BCUT2D eigenvalue weighted by atomic mass is 32.1. The number of hydrogen-bond donors (Lipinski definition) is 2. The third kappa shape index (κ3) is 3.66. The van der Waals surface area contributed by atoms with E-state index in [1.807, 2.05) is 0 Å². The van der Waals surface area contributed by atoms with Crippen molar-refractivity contribution < 1.29 is 18.3 Å². The van der Waals surface area contributed by atoms with Gasteiger partial charge in [-0.25, -0.2) is 13.8 Å². The van der Waals surface area contributed by atoms with Crippen LogP contribution in [0.4, 0.5) is 25.3 Å². The lowest BCUT2D eigenvalue weighted by Gasteiger charge is -2.29. The molecule has 0 atom stereocenters. The van der Waals surface area contributed by atoms with Crippen molar-refractivity contribution in [1.82, 2.24) is 14.8 Å². The van der Waals surface area contributed by atoms with Gasteiger partial charge in [0, 0.05) is 20.1 Å². The van der Waals surface area contributed by atoms with E-state index in [1.54, 1.807) is 11.7 Å². The summed E-state index contributed by atoms with van der Waals surface area (Å²) in [5, 5.41) is 7.03. The van der Waals surface area contributed by atoms with Gasteiger partial charge in [-0.2, -0.15) is 5.10 Å². The Morgan fingerprint density at radius 2 is 1.97 bits per heavy atom. The van der Waals surface area contributed by atoms with Gasteiger partial charge in [0.05, 0.1) is 25.0 Å². The third-order valence-corrected chi connectivity index (χ3v) is 5.41. The van der Waals surface area contributed by atoms with E-state index in [0.717, 1.165) is 29.3 Å². The standard InChI is InChI=1S/C18H18F2N6O2S/c1-25-18(26-5-7-28-8-6-26)12(9-22-25)23-16(27)14-15(21)29-17(24-14)13-10(19)3-2-4-11(13)20/h2-4,9H,5-8,21H2,1H3,(H,23,27). The van der Waals surface area contributed by atoms with Gasteiger partial charge in [-0.05, 0) is 12.1 Å². The fourth-order valence-electron chi connectivity index (χ4n) is 3.15. The molecule has 1 aliphatic rings. The number of morpholine rings is 1. The van der Waals surface area contributed by atoms with E-state index in [0.29, 0.717) is 32.0 Å². The van der Waals surface area contributed by atoms with Crippen molar-refractivity contribution in [2.45, 2.75) is 0 Å². The number of thiazole rings is 1. The lowest BCUT2D eigenvalue weighted by Crippen LogP contribution is -2.38. The molecule has 1 aromatic carbocycles. The molecule has 0 unspecified atom stereocenters. The SMILES string of the molecule is Cn1ncc(NC(=O)c2nc(-c3c(F)cccc3F)sc2N)c1N1CCOCC1. The summed E-state index contributed by atoms with van der Waals surface area (Å²) in [5.41, 5.74) is 6.01. The van der Waals surface area contributed by atoms with Crippen LogP contribution in [-0.2, 0) is 11.8 Å². The molecule has 1 saturated heterocycles. The molecule has 1 fully saturated rings. The summed E-state index contributed by atoms with van der Waals surface area (Å²) in [5.74, 6) is -1.39. The first-order chi connectivity index (χ1) is 14.0. The van der Waals surface area contributed by atoms with E-state index in [1.165, 1.54) is 12.3 Å². The first-order valence-electron chi connectivity index (χ1n) is 8.82. The van der Waals surface area contributed by atoms with Crippen molar-refractivity contribution >= 4 is 33.8 Å². The Kier molecular flexibility index (Phi) is 5.16. The monoisotopic (exact) mass is 420 g/mol. The van der Waals surface area contributed by atoms with Crippen LogP contribution in [-0.4, -0.2) is 47.0 Å². The number of nitrogen functional groups attached to an aromatic ring is 1. The molecule has 0 aliphatic carbocycles. The normalized spacial score (nSPS) is 14.2. The maximum absolute atomic E-state index is 14.0. The summed E-state index contributed by atoms with van der Waals surface area (Å²) < 4.78 is 35.1. The lowest BCUT2D eigenvalue weighted by atomic mass is 10.2. The van der Waals surface area contributed by atoms with Gasteiger partial charge in [-0.15, -0.1) is 0 Å². The largest absolute Gasteiger partial charge is 0.389 e. The fraction of sp³-hybridized carbons (Fsp3) is 0.278. The topological polar surface area (TPSA) is 98.3 Å². The van der Waals surface area contributed by atoms with E-state index in [-0.39, 0.29) is 21.3 Å². The molecule has 0 bridgehead atoms. The van der Waals surface area contributed by atoms with E-state index >= 15 is 0 Å². The molecule has 11 heteroatoms. The predicted octanol–water partition coefficient (Wildman–Crippen LogP) is 2.49. The Morgan fingerprint density at radius 1 is 1.28 bits per heavy atom. The number of benzene rings is 1. The number of ether oxygens (including phenoxy) is 1. The Labute approximate surface area is 168 Å². The Morgan fingerprint density at radius 3 is 2.66 bits per heavy atom. The van der Waals surface area contributed by atoms with Crippen molar-refractivity contribution in [2.24, 2.45) is 7.05 Å². The van der Waals surface area contributed by atoms with E-state index in [2.05, 4.69) is 20.3 Å². The second kappa shape index (κ2) is 7.76. The third-order valence-electron chi connectivity index (χ3n) is 4.51. The molecule has 1 amide bonds. The zero-order valence-corrected chi connectivity index (χ0v) is 16.3. The predicted molar refractivity (Wildman–Crippen MR) is 106 cm³/mol. The van der Waals surface area contributed by atoms with Crippen molar-refractivity contribution in [3.8, 4) is 10.6 Å². The molecule has 3 aromatic rings. The number of nitrogens with one attached hydrogen (secondary N) is 1. The molecule has 3 heterocycles. The Hall–Kier alpha value is -3.05. The fourth-order valence-corrected chi connectivity index (χ4v) is 4.03. The van der Waals surface area contributed by atoms with Crippen LogP contribution >= 0.6 is 11.3 Å². The number of rotatable bonds is 4. The molecular formula is C18H18F2N6O2S. The number of amides is 1.